The highest BCUT2D eigenvalue weighted by Gasteiger charge is 2.13. The molecule has 118 valence electrons. The molecule has 0 aliphatic rings. The molecule has 3 rings (SSSR count). The molecule has 1 aromatic carbocycles. The van der Waals surface area contributed by atoms with Crippen molar-refractivity contribution in [3.05, 3.63) is 54.7 Å². The number of rotatable bonds is 4. The van der Waals surface area contributed by atoms with Gasteiger partial charge in [0, 0.05) is 30.7 Å². The van der Waals surface area contributed by atoms with Gasteiger partial charge in [-0.25, -0.2) is 28.5 Å². The number of nitrogens with two attached hydrogens (primary N) is 1. The summed E-state index contributed by atoms with van der Waals surface area (Å²) < 4.78 is 24.8. The van der Waals surface area contributed by atoms with Gasteiger partial charge >= 0.3 is 0 Å². The Balaban J connectivity index is 2.11. The molecule has 0 fully saturated rings. The number of primary sulfonamides is 1. The second-order valence-corrected chi connectivity index (χ2v) is 6.44. The lowest BCUT2D eigenvalue weighted by molar-refractivity contribution is 0.597. The van der Waals surface area contributed by atoms with E-state index >= 15 is 0 Å². The van der Waals surface area contributed by atoms with Gasteiger partial charge in [-0.15, -0.1) is 0 Å². The van der Waals surface area contributed by atoms with Gasteiger partial charge in [-0.05, 0) is 24.3 Å². The van der Waals surface area contributed by atoms with E-state index in [2.05, 4.69) is 15.0 Å². The van der Waals surface area contributed by atoms with Crippen LogP contribution in [-0.2, 0) is 16.4 Å². The first kappa shape index (κ1) is 15.3. The Morgan fingerprint density at radius 3 is 2.74 bits per heavy atom. The van der Waals surface area contributed by atoms with Crippen LogP contribution < -0.4 is 5.14 Å². The molecule has 0 atom stereocenters. The second-order valence-electron chi connectivity index (χ2n) is 4.87. The summed E-state index contributed by atoms with van der Waals surface area (Å²) in [6.45, 7) is 1.97. The minimum absolute atomic E-state index is 0.0478. The van der Waals surface area contributed by atoms with Crippen LogP contribution in [0.3, 0.4) is 0 Å². The SMILES string of the molecule is CCc1nccc(-c2nccn2-c2cccc(S(N)(=O)=O)c2)n1. The van der Waals surface area contributed by atoms with E-state index in [1.54, 1.807) is 41.4 Å². The smallest absolute Gasteiger partial charge is 0.238 e. The van der Waals surface area contributed by atoms with Crippen molar-refractivity contribution in [2.45, 2.75) is 18.2 Å². The maximum atomic E-state index is 11.5. The van der Waals surface area contributed by atoms with Crippen LogP contribution in [0.2, 0.25) is 0 Å². The predicted molar refractivity (Wildman–Crippen MR) is 85.3 cm³/mol. The standard InChI is InChI=1S/C15H15N5O2S/c1-2-14-17-7-6-13(19-14)15-18-8-9-20(15)11-4-3-5-12(10-11)23(16,21)22/h3-10H,2H2,1H3,(H2,16,21,22). The molecule has 3 aromatic rings. The maximum absolute atomic E-state index is 11.5. The molecule has 7 nitrogen and oxygen atoms in total. The molecule has 0 aliphatic heterocycles. The van der Waals surface area contributed by atoms with Crippen LogP contribution in [0.25, 0.3) is 17.2 Å². The highest BCUT2D eigenvalue weighted by molar-refractivity contribution is 7.89. The lowest BCUT2D eigenvalue weighted by Crippen LogP contribution is -2.12. The van der Waals surface area contributed by atoms with Gasteiger partial charge in [-0.3, -0.25) is 4.57 Å². The molecule has 2 N–H and O–H groups in total. The van der Waals surface area contributed by atoms with Gasteiger partial charge < -0.3 is 0 Å². The lowest BCUT2D eigenvalue weighted by atomic mass is 10.3. The third kappa shape index (κ3) is 3.13. The maximum Gasteiger partial charge on any atom is 0.238 e. The van der Waals surface area contributed by atoms with Crippen molar-refractivity contribution >= 4 is 10.0 Å². The quantitative estimate of drug-likeness (QED) is 0.782. The van der Waals surface area contributed by atoms with E-state index in [0.717, 1.165) is 12.2 Å². The van der Waals surface area contributed by atoms with Gasteiger partial charge in [0.1, 0.15) is 11.5 Å². The molecule has 0 saturated heterocycles. The Hall–Kier alpha value is -2.58. The van der Waals surface area contributed by atoms with Gasteiger partial charge in [0.25, 0.3) is 0 Å². The third-order valence-corrected chi connectivity index (χ3v) is 4.23. The average molecular weight is 329 g/mol. The molecule has 0 saturated carbocycles. The molecule has 8 heteroatoms. The third-order valence-electron chi connectivity index (χ3n) is 3.32. The number of sulfonamides is 1. The second kappa shape index (κ2) is 5.90. The Morgan fingerprint density at radius 2 is 2.00 bits per heavy atom. The van der Waals surface area contributed by atoms with Crippen molar-refractivity contribution in [2.24, 2.45) is 5.14 Å². The van der Waals surface area contributed by atoms with Gasteiger partial charge in [-0.2, -0.15) is 0 Å². The van der Waals surface area contributed by atoms with Gasteiger partial charge in [0.2, 0.25) is 10.0 Å². The predicted octanol–water partition coefficient (Wildman–Crippen LogP) is 1.54. The summed E-state index contributed by atoms with van der Waals surface area (Å²) in [4.78, 5) is 13.0. The number of hydrogen-bond donors (Lipinski definition) is 1. The molecular formula is C15H15N5O2S. The number of aromatic nitrogens is 4. The molecule has 2 aromatic heterocycles. The zero-order valence-corrected chi connectivity index (χ0v) is 13.2. The van der Waals surface area contributed by atoms with E-state index in [1.807, 2.05) is 6.92 Å². The van der Waals surface area contributed by atoms with Crippen LogP contribution in [0, 0.1) is 0 Å². The first-order valence-electron chi connectivity index (χ1n) is 6.98. The molecule has 0 amide bonds. The van der Waals surface area contributed by atoms with Gasteiger partial charge in [-0.1, -0.05) is 13.0 Å². The van der Waals surface area contributed by atoms with Crippen molar-refractivity contribution < 1.29 is 8.42 Å². The highest BCUT2D eigenvalue weighted by Crippen LogP contribution is 2.21. The highest BCUT2D eigenvalue weighted by atomic mass is 32.2. The van der Waals surface area contributed by atoms with Crippen LogP contribution in [0.5, 0.6) is 0 Å². The lowest BCUT2D eigenvalue weighted by Gasteiger charge is -2.09. The topological polar surface area (TPSA) is 104 Å². The first-order valence-corrected chi connectivity index (χ1v) is 8.52. The molecular weight excluding hydrogens is 314 g/mol. The minimum atomic E-state index is -3.76. The zero-order valence-electron chi connectivity index (χ0n) is 12.4. The van der Waals surface area contributed by atoms with E-state index in [1.165, 1.54) is 12.1 Å². The van der Waals surface area contributed by atoms with Crippen molar-refractivity contribution in [1.82, 2.24) is 19.5 Å². The number of hydrogen-bond acceptors (Lipinski definition) is 5. The molecule has 0 unspecified atom stereocenters. The molecule has 0 radical (unpaired) electrons. The Kier molecular flexibility index (Phi) is 3.93. The fourth-order valence-electron chi connectivity index (χ4n) is 2.21. The zero-order chi connectivity index (χ0) is 16.4. The summed E-state index contributed by atoms with van der Waals surface area (Å²) in [7, 11) is -3.76. The van der Waals surface area contributed by atoms with E-state index in [-0.39, 0.29) is 4.90 Å². The van der Waals surface area contributed by atoms with Crippen molar-refractivity contribution in [2.75, 3.05) is 0 Å². The van der Waals surface area contributed by atoms with Crippen LogP contribution in [0.4, 0.5) is 0 Å². The molecule has 0 bridgehead atoms. The summed E-state index contributed by atoms with van der Waals surface area (Å²) in [5.74, 6) is 1.32. The minimum Gasteiger partial charge on any atom is -0.298 e. The van der Waals surface area contributed by atoms with Crippen molar-refractivity contribution in [3.8, 4) is 17.2 Å². The van der Waals surface area contributed by atoms with Crippen LogP contribution >= 0.6 is 0 Å². The molecule has 0 spiro atoms. The van der Waals surface area contributed by atoms with Crippen LogP contribution in [0.1, 0.15) is 12.7 Å². The largest absolute Gasteiger partial charge is 0.298 e. The Bertz CT molecular complexity index is 950. The normalized spacial score (nSPS) is 11.6. The summed E-state index contributed by atoms with van der Waals surface area (Å²) in [6.07, 6.45) is 5.77. The summed E-state index contributed by atoms with van der Waals surface area (Å²) in [5, 5.41) is 5.19. The fourth-order valence-corrected chi connectivity index (χ4v) is 2.76. The van der Waals surface area contributed by atoms with Crippen molar-refractivity contribution in [3.63, 3.8) is 0 Å². The number of benzene rings is 1. The number of imidazole rings is 1. The molecule has 0 aliphatic carbocycles. The van der Waals surface area contributed by atoms with E-state index in [0.29, 0.717) is 17.2 Å². The van der Waals surface area contributed by atoms with Crippen LogP contribution in [0.15, 0.2) is 53.8 Å². The summed E-state index contributed by atoms with van der Waals surface area (Å²) >= 11 is 0. The molecule has 23 heavy (non-hydrogen) atoms. The van der Waals surface area contributed by atoms with Crippen LogP contribution in [-0.4, -0.2) is 27.9 Å². The average Bonchev–Trinajstić information content (AvgIpc) is 3.04. The van der Waals surface area contributed by atoms with Gasteiger partial charge in [0.05, 0.1) is 4.90 Å². The summed E-state index contributed by atoms with van der Waals surface area (Å²) in [6, 6.07) is 8.14. The van der Waals surface area contributed by atoms with E-state index in [4.69, 9.17) is 5.14 Å². The van der Waals surface area contributed by atoms with E-state index < -0.39 is 10.0 Å². The summed E-state index contributed by atoms with van der Waals surface area (Å²) in [5.41, 5.74) is 1.31. The Morgan fingerprint density at radius 1 is 1.17 bits per heavy atom. The molecule has 2 heterocycles. The van der Waals surface area contributed by atoms with E-state index in [9.17, 15) is 8.42 Å². The van der Waals surface area contributed by atoms with Crippen molar-refractivity contribution in [1.29, 1.82) is 0 Å². The monoisotopic (exact) mass is 329 g/mol. The van der Waals surface area contributed by atoms with Gasteiger partial charge in [0.15, 0.2) is 5.82 Å². The Labute approximate surface area is 133 Å². The number of aryl methyl sites for hydroxylation is 1. The number of nitrogens with zero attached hydrogens (tertiary/aromatic N) is 4. The first-order chi connectivity index (χ1) is 11.0. The fraction of sp³-hybridized carbons (Fsp3) is 0.133.